The van der Waals surface area contributed by atoms with Crippen molar-refractivity contribution in [3.8, 4) is 0 Å². The number of benzene rings is 2. The first-order chi connectivity index (χ1) is 13.0. The fourth-order valence-electron chi connectivity index (χ4n) is 3.46. The van der Waals surface area contributed by atoms with Gasteiger partial charge in [0, 0.05) is 24.8 Å². The van der Waals surface area contributed by atoms with E-state index >= 15 is 0 Å². The smallest absolute Gasteiger partial charge is 0.335 e. The van der Waals surface area contributed by atoms with Crippen molar-refractivity contribution < 1.29 is 19.4 Å². The minimum absolute atomic E-state index is 0.0183. The fraction of sp³-hybridized carbons (Fsp3) is 0.333. The van der Waals surface area contributed by atoms with E-state index in [9.17, 15) is 9.59 Å². The average Bonchev–Trinajstić information content (AvgIpc) is 2.69. The number of carboxylic acids is 1. The third kappa shape index (κ3) is 4.49. The maximum absolute atomic E-state index is 13.1. The van der Waals surface area contributed by atoms with Crippen molar-refractivity contribution >= 4 is 23.5 Å². The molecule has 5 nitrogen and oxygen atoms in total. The molecule has 1 amide bonds. The van der Waals surface area contributed by atoms with Gasteiger partial charge < -0.3 is 15.2 Å². The molecule has 0 saturated carbocycles. The topological polar surface area (TPSA) is 75.6 Å². The molecule has 0 aromatic heterocycles. The second-order valence-electron chi connectivity index (χ2n) is 6.71. The number of carbonyl (C=O) groups is 2. The zero-order valence-electron chi connectivity index (χ0n) is 14.9. The van der Waals surface area contributed by atoms with Crippen LogP contribution in [0.3, 0.4) is 0 Å². The van der Waals surface area contributed by atoms with Crippen LogP contribution >= 0.6 is 11.6 Å². The van der Waals surface area contributed by atoms with E-state index in [2.05, 4.69) is 5.32 Å². The molecule has 0 spiro atoms. The molecule has 0 atom stereocenters. The van der Waals surface area contributed by atoms with Gasteiger partial charge in [-0.2, -0.15) is 0 Å². The lowest BCUT2D eigenvalue weighted by molar-refractivity contribution is -0.130. The van der Waals surface area contributed by atoms with Crippen LogP contribution in [0.25, 0.3) is 0 Å². The number of aromatic carboxylic acids is 1. The number of halogens is 1. The maximum atomic E-state index is 13.1. The van der Waals surface area contributed by atoms with Crippen LogP contribution < -0.4 is 5.32 Å². The molecule has 142 valence electrons. The molecule has 0 bridgehead atoms. The molecular formula is C21H22ClNO4. The van der Waals surface area contributed by atoms with Crippen LogP contribution in [0.5, 0.6) is 0 Å². The van der Waals surface area contributed by atoms with Crippen molar-refractivity contribution in [3.05, 3.63) is 70.2 Å². The largest absolute Gasteiger partial charge is 0.478 e. The summed E-state index contributed by atoms with van der Waals surface area (Å²) in [5.41, 5.74) is 1.52. The molecular weight excluding hydrogens is 366 g/mol. The first kappa shape index (κ1) is 19.4. The van der Waals surface area contributed by atoms with Crippen molar-refractivity contribution in [1.82, 2.24) is 5.32 Å². The fourth-order valence-corrected chi connectivity index (χ4v) is 3.65. The second kappa shape index (κ2) is 8.55. The van der Waals surface area contributed by atoms with Gasteiger partial charge in [-0.3, -0.25) is 4.79 Å². The molecule has 27 heavy (non-hydrogen) atoms. The highest BCUT2D eigenvalue weighted by molar-refractivity contribution is 6.30. The van der Waals surface area contributed by atoms with E-state index in [0.29, 0.717) is 44.0 Å². The SMILES string of the molecule is O=C(O)c1ccc(CCNC(=O)C2(c3cccc(Cl)c3)CCOCC2)cc1. The van der Waals surface area contributed by atoms with Gasteiger partial charge in [-0.25, -0.2) is 4.79 Å². The second-order valence-corrected chi connectivity index (χ2v) is 7.15. The zero-order chi connectivity index (χ0) is 19.3. The van der Waals surface area contributed by atoms with Crippen molar-refractivity contribution in [2.45, 2.75) is 24.7 Å². The van der Waals surface area contributed by atoms with E-state index in [0.717, 1.165) is 11.1 Å². The van der Waals surface area contributed by atoms with Crippen LogP contribution in [0.1, 0.15) is 34.3 Å². The lowest BCUT2D eigenvalue weighted by atomic mass is 9.73. The summed E-state index contributed by atoms with van der Waals surface area (Å²) in [6.07, 6.45) is 1.87. The molecule has 1 fully saturated rings. The molecule has 1 aliphatic rings. The Kier molecular flexibility index (Phi) is 6.14. The highest BCUT2D eigenvalue weighted by atomic mass is 35.5. The van der Waals surface area contributed by atoms with E-state index in [4.69, 9.17) is 21.4 Å². The number of hydrogen-bond acceptors (Lipinski definition) is 3. The van der Waals surface area contributed by atoms with Crippen molar-refractivity contribution in [2.75, 3.05) is 19.8 Å². The van der Waals surface area contributed by atoms with Gasteiger partial charge in [0.2, 0.25) is 5.91 Å². The van der Waals surface area contributed by atoms with Crippen LogP contribution in [-0.4, -0.2) is 36.7 Å². The molecule has 1 heterocycles. The Morgan fingerprint density at radius 2 is 1.81 bits per heavy atom. The van der Waals surface area contributed by atoms with Gasteiger partial charge >= 0.3 is 5.97 Å². The number of carbonyl (C=O) groups excluding carboxylic acids is 1. The Balaban J connectivity index is 1.67. The molecule has 2 aromatic rings. The van der Waals surface area contributed by atoms with Gasteiger partial charge in [-0.1, -0.05) is 35.9 Å². The van der Waals surface area contributed by atoms with E-state index in [1.807, 2.05) is 18.2 Å². The number of ether oxygens (including phenoxy) is 1. The van der Waals surface area contributed by atoms with Crippen LogP contribution in [0.4, 0.5) is 0 Å². The lowest BCUT2D eigenvalue weighted by Crippen LogP contribution is -2.48. The Bertz CT molecular complexity index is 813. The predicted octanol–water partition coefficient (Wildman–Crippen LogP) is 3.45. The lowest BCUT2D eigenvalue weighted by Gasteiger charge is -2.36. The average molecular weight is 388 g/mol. The van der Waals surface area contributed by atoms with Crippen molar-refractivity contribution in [1.29, 1.82) is 0 Å². The molecule has 2 N–H and O–H groups in total. The Hall–Kier alpha value is -2.37. The highest BCUT2D eigenvalue weighted by Gasteiger charge is 2.41. The number of rotatable bonds is 6. The van der Waals surface area contributed by atoms with Crippen LogP contribution in [-0.2, 0) is 21.4 Å². The summed E-state index contributed by atoms with van der Waals surface area (Å²) >= 11 is 6.15. The molecule has 0 radical (unpaired) electrons. The quantitative estimate of drug-likeness (QED) is 0.796. The molecule has 1 saturated heterocycles. The number of hydrogen-bond donors (Lipinski definition) is 2. The van der Waals surface area contributed by atoms with Gasteiger partial charge in [0.25, 0.3) is 0 Å². The minimum Gasteiger partial charge on any atom is -0.478 e. The highest BCUT2D eigenvalue weighted by Crippen LogP contribution is 2.36. The summed E-state index contributed by atoms with van der Waals surface area (Å²) in [5, 5.41) is 12.6. The van der Waals surface area contributed by atoms with Gasteiger partial charge in [0.05, 0.1) is 11.0 Å². The number of nitrogens with one attached hydrogen (secondary N) is 1. The van der Waals surface area contributed by atoms with Gasteiger partial charge in [0.1, 0.15) is 0 Å². The van der Waals surface area contributed by atoms with E-state index in [1.165, 1.54) is 0 Å². The predicted molar refractivity (Wildman–Crippen MR) is 103 cm³/mol. The third-order valence-electron chi connectivity index (χ3n) is 5.06. The number of carboxylic acid groups (broad SMARTS) is 1. The molecule has 0 aliphatic carbocycles. The molecule has 3 rings (SSSR count). The monoisotopic (exact) mass is 387 g/mol. The Labute approximate surface area is 163 Å². The summed E-state index contributed by atoms with van der Waals surface area (Å²) in [6, 6.07) is 14.2. The van der Waals surface area contributed by atoms with Gasteiger partial charge in [0.15, 0.2) is 0 Å². The van der Waals surface area contributed by atoms with Crippen LogP contribution in [0.2, 0.25) is 5.02 Å². The normalized spacial score (nSPS) is 15.9. The molecule has 0 unspecified atom stereocenters. The third-order valence-corrected chi connectivity index (χ3v) is 5.29. The summed E-state index contributed by atoms with van der Waals surface area (Å²) in [7, 11) is 0. The number of amides is 1. The van der Waals surface area contributed by atoms with Gasteiger partial charge in [-0.15, -0.1) is 0 Å². The molecule has 1 aliphatic heterocycles. The van der Waals surface area contributed by atoms with E-state index < -0.39 is 11.4 Å². The van der Waals surface area contributed by atoms with Crippen LogP contribution in [0, 0.1) is 0 Å². The Morgan fingerprint density at radius 1 is 1.11 bits per heavy atom. The molecule has 6 heteroatoms. The van der Waals surface area contributed by atoms with Crippen LogP contribution in [0.15, 0.2) is 48.5 Å². The zero-order valence-corrected chi connectivity index (χ0v) is 15.7. The first-order valence-corrected chi connectivity index (χ1v) is 9.33. The van der Waals surface area contributed by atoms with Gasteiger partial charge in [-0.05, 0) is 54.7 Å². The summed E-state index contributed by atoms with van der Waals surface area (Å²) in [5.74, 6) is -0.965. The van der Waals surface area contributed by atoms with E-state index in [1.54, 1.807) is 30.3 Å². The maximum Gasteiger partial charge on any atom is 0.335 e. The summed E-state index contributed by atoms with van der Waals surface area (Å²) < 4.78 is 5.47. The van der Waals surface area contributed by atoms with E-state index in [-0.39, 0.29) is 11.5 Å². The first-order valence-electron chi connectivity index (χ1n) is 8.96. The standard InChI is InChI=1S/C21H22ClNO4/c22-18-3-1-2-17(14-18)21(9-12-27-13-10-21)20(26)23-11-8-15-4-6-16(7-5-15)19(24)25/h1-7,14H,8-13H2,(H,23,26)(H,24,25). The minimum atomic E-state index is -0.946. The summed E-state index contributed by atoms with van der Waals surface area (Å²) in [4.78, 5) is 24.0. The molecule has 2 aromatic carbocycles. The van der Waals surface area contributed by atoms with Crippen molar-refractivity contribution in [3.63, 3.8) is 0 Å². The summed E-state index contributed by atoms with van der Waals surface area (Å²) in [6.45, 7) is 1.56. The Morgan fingerprint density at radius 3 is 2.44 bits per heavy atom. The van der Waals surface area contributed by atoms with Crippen molar-refractivity contribution in [2.24, 2.45) is 0 Å².